The second-order valence-corrected chi connectivity index (χ2v) is 7.12. The molecule has 1 aromatic carbocycles. The lowest BCUT2D eigenvalue weighted by molar-refractivity contribution is -0.645. The fourth-order valence-corrected chi connectivity index (χ4v) is 3.61. The highest BCUT2D eigenvalue weighted by molar-refractivity contribution is 7.99. The number of hydrogen-bond donors (Lipinski definition) is 1. The second-order valence-electron chi connectivity index (χ2n) is 6.13. The topological polar surface area (TPSA) is 59.3 Å². The number of nitrogens with zero attached hydrogens (tertiary/aromatic N) is 2. The van der Waals surface area contributed by atoms with E-state index in [1.54, 1.807) is 18.2 Å². The van der Waals surface area contributed by atoms with Crippen LogP contribution in [0.2, 0.25) is 0 Å². The third kappa shape index (κ3) is 4.85. The van der Waals surface area contributed by atoms with Crippen LogP contribution in [-0.4, -0.2) is 24.7 Å². The molecule has 0 bridgehead atoms. The molecule has 144 valence electrons. The Kier molecular flexibility index (Phi) is 5.79. The van der Waals surface area contributed by atoms with Crippen LogP contribution in [0.15, 0.2) is 47.6 Å². The maximum atomic E-state index is 13.1. The van der Waals surface area contributed by atoms with Crippen molar-refractivity contribution in [1.29, 1.82) is 0 Å². The van der Waals surface area contributed by atoms with Gasteiger partial charge in [0.15, 0.2) is 6.20 Å². The predicted molar refractivity (Wildman–Crippen MR) is 97.6 cm³/mol. The fraction of sp³-hybridized carbons (Fsp3) is 0.333. The average molecular weight is 397 g/mol. The van der Waals surface area contributed by atoms with Gasteiger partial charge in [0.2, 0.25) is 5.91 Å². The number of carbonyl (C=O) groups is 1. The minimum absolute atomic E-state index is 0.0814. The molecular formula is C18H18F3N3O2S. The summed E-state index contributed by atoms with van der Waals surface area (Å²) < 4.78 is 39.8. The monoisotopic (exact) mass is 397 g/mol. The molecule has 1 aromatic heterocycles. The standard InChI is InChI=1S/C18H18F3N3O2S/c19-18(20,21)13-6-7-15(23-8-3-4-9-23)14(11-13)22-16(25)12-27-17-5-1-2-10-24(17)26/h1-2,5-7,10-11H,3-4,8-9,12H2,(H,22,25). The first-order chi connectivity index (χ1) is 12.8. The zero-order valence-corrected chi connectivity index (χ0v) is 15.1. The van der Waals surface area contributed by atoms with Gasteiger partial charge in [-0.3, -0.25) is 4.79 Å². The number of alkyl halides is 3. The Morgan fingerprint density at radius 2 is 1.96 bits per heavy atom. The van der Waals surface area contributed by atoms with Gasteiger partial charge in [0.25, 0.3) is 5.03 Å². The molecule has 9 heteroatoms. The molecule has 1 N–H and O–H groups in total. The van der Waals surface area contributed by atoms with Gasteiger partial charge in [-0.25, -0.2) is 0 Å². The minimum atomic E-state index is -4.49. The van der Waals surface area contributed by atoms with Gasteiger partial charge in [-0.1, -0.05) is 0 Å². The van der Waals surface area contributed by atoms with E-state index in [2.05, 4.69) is 5.32 Å². The van der Waals surface area contributed by atoms with Crippen LogP contribution >= 0.6 is 11.8 Å². The molecule has 0 radical (unpaired) electrons. The quantitative estimate of drug-likeness (QED) is 0.475. The number of carbonyl (C=O) groups excluding carboxylic acids is 1. The largest absolute Gasteiger partial charge is 0.618 e. The van der Waals surface area contributed by atoms with Gasteiger partial charge in [0.1, 0.15) is 0 Å². The van der Waals surface area contributed by atoms with Crippen LogP contribution in [0.3, 0.4) is 0 Å². The molecule has 0 atom stereocenters. The first-order valence-electron chi connectivity index (χ1n) is 8.41. The van der Waals surface area contributed by atoms with Crippen molar-refractivity contribution in [1.82, 2.24) is 0 Å². The smallest absolute Gasteiger partial charge is 0.416 e. The van der Waals surface area contributed by atoms with Crippen molar-refractivity contribution in [3.63, 3.8) is 0 Å². The van der Waals surface area contributed by atoms with Gasteiger partial charge in [0.05, 0.1) is 22.7 Å². The molecule has 3 rings (SSSR count). The maximum Gasteiger partial charge on any atom is 0.416 e. The molecular weight excluding hydrogens is 379 g/mol. The van der Waals surface area contributed by atoms with E-state index >= 15 is 0 Å². The Labute approximate surface area is 158 Å². The lowest BCUT2D eigenvalue weighted by Crippen LogP contribution is -2.28. The number of amides is 1. The van der Waals surface area contributed by atoms with E-state index in [1.165, 1.54) is 12.3 Å². The molecule has 2 aromatic rings. The van der Waals surface area contributed by atoms with E-state index in [1.807, 2.05) is 4.90 Å². The molecule has 2 heterocycles. The van der Waals surface area contributed by atoms with Crippen molar-refractivity contribution >= 4 is 29.0 Å². The number of benzene rings is 1. The highest BCUT2D eigenvalue weighted by atomic mass is 32.2. The molecule has 5 nitrogen and oxygen atoms in total. The lowest BCUT2D eigenvalue weighted by atomic mass is 10.1. The zero-order chi connectivity index (χ0) is 19.4. The van der Waals surface area contributed by atoms with Crippen LogP contribution in [0.25, 0.3) is 0 Å². The third-order valence-electron chi connectivity index (χ3n) is 4.18. The Bertz CT molecular complexity index is 824. The van der Waals surface area contributed by atoms with Crippen LogP contribution in [0, 0.1) is 5.21 Å². The van der Waals surface area contributed by atoms with Crippen molar-refractivity contribution in [2.45, 2.75) is 24.0 Å². The summed E-state index contributed by atoms with van der Waals surface area (Å²) >= 11 is 1.02. The molecule has 0 unspecified atom stereocenters. The molecule has 1 saturated heterocycles. The molecule has 1 aliphatic heterocycles. The first-order valence-corrected chi connectivity index (χ1v) is 9.40. The number of aromatic nitrogens is 1. The van der Waals surface area contributed by atoms with Crippen molar-refractivity contribution in [3.8, 4) is 0 Å². The number of halogens is 3. The van der Waals surface area contributed by atoms with Crippen molar-refractivity contribution in [2.24, 2.45) is 0 Å². The average Bonchev–Trinajstić information content (AvgIpc) is 3.14. The van der Waals surface area contributed by atoms with Gasteiger partial charge < -0.3 is 15.4 Å². The van der Waals surface area contributed by atoms with Crippen molar-refractivity contribution in [2.75, 3.05) is 29.1 Å². The first kappa shape index (κ1) is 19.3. The Balaban J connectivity index is 1.76. The predicted octanol–water partition coefficient (Wildman–Crippen LogP) is 3.67. The number of thioether (sulfide) groups is 1. The van der Waals surface area contributed by atoms with Crippen molar-refractivity contribution in [3.05, 3.63) is 53.4 Å². The molecule has 1 aliphatic rings. The normalized spacial score (nSPS) is 14.4. The van der Waals surface area contributed by atoms with Crippen LogP contribution in [0.4, 0.5) is 24.5 Å². The Morgan fingerprint density at radius 3 is 2.63 bits per heavy atom. The maximum absolute atomic E-state index is 13.1. The van der Waals surface area contributed by atoms with Gasteiger partial charge >= 0.3 is 6.18 Å². The molecule has 0 spiro atoms. The van der Waals surface area contributed by atoms with Gasteiger partial charge in [0, 0.05) is 25.2 Å². The Morgan fingerprint density at radius 1 is 1.22 bits per heavy atom. The van der Waals surface area contributed by atoms with E-state index in [9.17, 15) is 23.2 Å². The van der Waals surface area contributed by atoms with Crippen molar-refractivity contribution < 1.29 is 22.7 Å². The van der Waals surface area contributed by atoms with Crippen LogP contribution < -0.4 is 14.9 Å². The summed E-state index contributed by atoms with van der Waals surface area (Å²) in [5.74, 6) is -0.550. The molecule has 1 fully saturated rings. The summed E-state index contributed by atoms with van der Waals surface area (Å²) in [4.78, 5) is 14.2. The lowest BCUT2D eigenvalue weighted by Gasteiger charge is -2.22. The summed E-state index contributed by atoms with van der Waals surface area (Å²) in [6.45, 7) is 1.48. The number of nitrogens with one attached hydrogen (secondary N) is 1. The highest BCUT2D eigenvalue weighted by Crippen LogP contribution is 2.36. The SMILES string of the molecule is O=C(CSc1cccc[n+]1[O-])Nc1cc(C(F)(F)F)ccc1N1CCCC1. The van der Waals surface area contributed by atoms with Gasteiger partial charge in [-0.15, -0.1) is 0 Å². The number of rotatable bonds is 5. The van der Waals surface area contributed by atoms with Crippen LogP contribution in [0.5, 0.6) is 0 Å². The Hall–Kier alpha value is -2.42. The highest BCUT2D eigenvalue weighted by Gasteiger charge is 2.32. The van der Waals surface area contributed by atoms with Crippen LogP contribution in [0.1, 0.15) is 18.4 Å². The van der Waals surface area contributed by atoms with Crippen LogP contribution in [-0.2, 0) is 11.0 Å². The van der Waals surface area contributed by atoms with Gasteiger partial charge in [-0.05, 0) is 48.9 Å². The molecule has 27 heavy (non-hydrogen) atoms. The molecule has 1 amide bonds. The van der Waals surface area contributed by atoms with E-state index in [-0.39, 0.29) is 11.4 Å². The van der Waals surface area contributed by atoms with E-state index in [0.717, 1.165) is 49.8 Å². The van der Waals surface area contributed by atoms with E-state index in [0.29, 0.717) is 15.4 Å². The van der Waals surface area contributed by atoms with E-state index in [4.69, 9.17) is 0 Å². The summed E-state index contributed by atoms with van der Waals surface area (Å²) in [6.07, 6.45) is -1.25. The second kappa shape index (κ2) is 8.08. The number of hydrogen-bond acceptors (Lipinski definition) is 4. The van der Waals surface area contributed by atoms with Gasteiger partial charge in [-0.2, -0.15) is 17.9 Å². The molecule has 0 saturated carbocycles. The summed E-state index contributed by atoms with van der Waals surface area (Å²) in [6, 6.07) is 8.22. The molecule has 0 aliphatic carbocycles. The fourth-order valence-electron chi connectivity index (χ4n) is 2.90. The minimum Gasteiger partial charge on any atom is -0.618 e. The number of anilines is 2. The van der Waals surface area contributed by atoms with E-state index < -0.39 is 17.6 Å². The summed E-state index contributed by atoms with van der Waals surface area (Å²) in [5, 5.41) is 14.5. The summed E-state index contributed by atoms with van der Waals surface area (Å²) in [5.41, 5.74) is -0.0910. The zero-order valence-electron chi connectivity index (χ0n) is 14.3. The summed E-state index contributed by atoms with van der Waals surface area (Å²) in [7, 11) is 0. The third-order valence-corrected chi connectivity index (χ3v) is 5.20. The number of pyridine rings is 1.